The molecule has 2 aromatic heterocycles. The normalized spacial score (nSPS) is 11.1. The van der Waals surface area contributed by atoms with E-state index < -0.39 is 5.97 Å². The summed E-state index contributed by atoms with van der Waals surface area (Å²) in [6.45, 7) is 1.35. The molecule has 41 heavy (non-hydrogen) atoms. The van der Waals surface area contributed by atoms with Crippen molar-refractivity contribution < 1.29 is 14.6 Å². The summed E-state index contributed by atoms with van der Waals surface area (Å²) in [5.74, 6) is -0.205. The Labute approximate surface area is 238 Å². The van der Waals surface area contributed by atoms with Gasteiger partial charge in [-0.25, -0.2) is 4.79 Å². The van der Waals surface area contributed by atoms with Gasteiger partial charge in [-0.2, -0.15) is 5.10 Å². The minimum absolute atomic E-state index is 0.0590. The third-order valence-electron chi connectivity index (χ3n) is 7.33. The Hall–Kier alpha value is -5.10. The molecule has 0 saturated heterocycles. The number of aromatic nitrogens is 3. The van der Waals surface area contributed by atoms with Crippen molar-refractivity contribution in [2.75, 3.05) is 6.61 Å². The standard InChI is InChI=1S/C35H31N3O3/c39-35(40)34-21-33(36-37-34)32-24-38(22-28-14-8-13-26-12-4-5-15-30(26)28)23-31(32)27-16-18-29(19-17-27)41-20-7-6-11-25-9-2-1-3-10-25/h1-5,8-10,12-19,21,23-24H,6-7,11,20,22H2,(H,36,37)(H,39,40). The molecule has 0 amide bonds. The highest BCUT2D eigenvalue weighted by Crippen LogP contribution is 2.34. The minimum Gasteiger partial charge on any atom is -0.494 e. The number of unbranched alkanes of at least 4 members (excludes halogenated alkanes) is 1. The highest BCUT2D eigenvalue weighted by Gasteiger charge is 2.17. The first-order valence-electron chi connectivity index (χ1n) is 13.9. The van der Waals surface area contributed by atoms with Gasteiger partial charge in [0.15, 0.2) is 0 Å². The van der Waals surface area contributed by atoms with Crippen LogP contribution in [-0.2, 0) is 13.0 Å². The predicted molar refractivity (Wildman–Crippen MR) is 162 cm³/mol. The van der Waals surface area contributed by atoms with Crippen LogP contribution < -0.4 is 4.74 Å². The largest absolute Gasteiger partial charge is 0.494 e. The SMILES string of the molecule is O=C(O)c1cc(-c2cn(Cc3cccc4ccccc34)cc2-c2ccc(OCCCCc3ccccc3)cc2)n[nH]1. The van der Waals surface area contributed by atoms with E-state index >= 15 is 0 Å². The Morgan fingerprint density at radius 2 is 1.59 bits per heavy atom. The number of ether oxygens (including phenoxy) is 1. The van der Waals surface area contributed by atoms with Crippen molar-refractivity contribution in [1.29, 1.82) is 0 Å². The fourth-order valence-corrected chi connectivity index (χ4v) is 5.23. The van der Waals surface area contributed by atoms with Gasteiger partial charge in [-0.1, -0.05) is 84.9 Å². The Bertz CT molecular complexity index is 1760. The van der Waals surface area contributed by atoms with Crippen LogP contribution >= 0.6 is 0 Å². The van der Waals surface area contributed by atoms with Gasteiger partial charge in [-0.15, -0.1) is 0 Å². The smallest absolute Gasteiger partial charge is 0.353 e. The van der Waals surface area contributed by atoms with E-state index in [1.54, 1.807) is 6.07 Å². The first kappa shape index (κ1) is 26.1. The van der Waals surface area contributed by atoms with Crippen molar-refractivity contribution in [3.05, 3.63) is 132 Å². The number of hydrogen-bond acceptors (Lipinski definition) is 3. The van der Waals surface area contributed by atoms with Gasteiger partial charge in [-0.05, 0) is 64.9 Å². The zero-order valence-electron chi connectivity index (χ0n) is 22.7. The quantitative estimate of drug-likeness (QED) is 0.164. The highest BCUT2D eigenvalue weighted by molar-refractivity contribution is 5.89. The minimum atomic E-state index is -1.04. The van der Waals surface area contributed by atoms with Gasteiger partial charge in [-0.3, -0.25) is 5.10 Å². The van der Waals surface area contributed by atoms with Crippen molar-refractivity contribution in [3.8, 4) is 28.1 Å². The van der Waals surface area contributed by atoms with Crippen LogP contribution in [0.1, 0.15) is 34.5 Å². The number of hydrogen-bond donors (Lipinski definition) is 2. The summed E-state index contributed by atoms with van der Waals surface area (Å²) in [5.41, 5.74) is 6.06. The molecule has 6 nitrogen and oxygen atoms in total. The summed E-state index contributed by atoms with van der Waals surface area (Å²) in [5, 5.41) is 18.8. The summed E-state index contributed by atoms with van der Waals surface area (Å²) in [7, 11) is 0. The predicted octanol–water partition coefficient (Wildman–Crippen LogP) is 7.85. The third-order valence-corrected chi connectivity index (χ3v) is 7.33. The lowest BCUT2D eigenvalue weighted by atomic mass is 10.0. The molecule has 204 valence electrons. The molecule has 0 saturated carbocycles. The highest BCUT2D eigenvalue weighted by atomic mass is 16.5. The molecule has 0 unspecified atom stereocenters. The molecule has 0 aliphatic carbocycles. The zero-order valence-corrected chi connectivity index (χ0v) is 22.7. The van der Waals surface area contributed by atoms with Crippen LogP contribution in [-0.4, -0.2) is 32.4 Å². The van der Waals surface area contributed by atoms with E-state index in [2.05, 4.69) is 81.6 Å². The number of carboxylic acids is 1. The third kappa shape index (κ3) is 6.07. The molecule has 0 bridgehead atoms. The van der Waals surface area contributed by atoms with Gasteiger partial charge in [0.25, 0.3) is 0 Å². The van der Waals surface area contributed by atoms with E-state index in [-0.39, 0.29) is 5.69 Å². The van der Waals surface area contributed by atoms with Crippen LogP contribution in [0.5, 0.6) is 5.75 Å². The Kier molecular flexibility index (Phi) is 7.63. The summed E-state index contributed by atoms with van der Waals surface area (Å²) in [6, 6.07) is 34.9. The molecular weight excluding hydrogens is 510 g/mol. The number of fused-ring (bicyclic) bond motifs is 1. The van der Waals surface area contributed by atoms with E-state index in [4.69, 9.17) is 4.74 Å². The molecule has 0 aliphatic rings. The number of aryl methyl sites for hydroxylation is 1. The number of benzene rings is 4. The summed E-state index contributed by atoms with van der Waals surface area (Å²) >= 11 is 0. The lowest BCUT2D eigenvalue weighted by molar-refractivity contribution is 0.0690. The molecule has 0 spiro atoms. The first-order chi connectivity index (χ1) is 20.1. The average Bonchev–Trinajstić information content (AvgIpc) is 3.66. The second-order valence-corrected chi connectivity index (χ2v) is 10.2. The van der Waals surface area contributed by atoms with Gasteiger partial charge in [0.05, 0.1) is 12.3 Å². The number of carboxylic acid groups (broad SMARTS) is 1. The second-order valence-electron chi connectivity index (χ2n) is 10.2. The van der Waals surface area contributed by atoms with Crippen molar-refractivity contribution in [2.24, 2.45) is 0 Å². The van der Waals surface area contributed by atoms with Crippen LogP contribution in [0.4, 0.5) is 0 Å². The van der Waals surface area contributed by atoms with E-state index in [1.807, 2.05) is 42.6 Å². The van der Waals surface area contributed by atoms with Crippen LogP contribution in [0.15, 0.2) is 116 Å². The fraction of sp³-hybridized carbons (Fsp3) is 0.143. The van der Waals surface area contributed by atoms with E-state index in [1.165, 1.54) is 21.9 Å². The number of H-pyrrole nitrogens is 1. The van der Waals surface area contributed by atoms with Gasteiger partial charge < -0.3 is 14.4 Å². The topological polar surface area (TPSA) is 80.1 Å². The molecule has 2 heterocycles. The van der Waals surface area contributed by atoms with Gasteiger partial charge >= 0.3 is 5.97 Å². The maximum atomic E-state index is 11.5. The molecule has 6 aromatic rings. The lowest BCUT2D eigenvalue weighted by Gasteiger charge is -2.08. The molecule has 0 radical (unpaired) electrons. The summed E-state index contributed by atoms with van der Waals surface area (Å²) in [6.07, 6.45) is 7.26. The number of rotatable bonds is 11. The zero-order chi connectivity index (χ0) is 28.0. The Morgan fingerprint density at radius 3 is 2.39 bits per heavy atom. The summed E-state index contributed by atoms with van der Waals surface area (Å²) in [4.78, 5) is 11.5. The number of nitrogens with zero attached hydrogens (tertiary/aromatic N) is 2. The van der Waals surface area contributed by atoms with Crippen molar-refractivity contribution >= 4 is 16.7 Å². The maximum absolute atomic E-state index is 11.5. The second kappa shape index (κ2) is 12.0. The molecule has 4 aromatic carbocycles. The van der Waals surface area contributed by atoms with Gasteiger partial charge in [0.1, 0.15) is 11.4 Å². The van der Waals surface area contributed by atoms with Crippen LogP contribution in [0.25, 0.3) is 33.2 Å². The number of carbonyl (C=O) groups is 1. The monoisotopic (exact) mass is 541 g/mol. The van der Waals surface area contributed by atoms with Crippen molar-refractivity contribution in [1.82, 2.24) is 14.8 Å². The summed E-state index contributed by atoms with van der Waals surface area (Å²) < 4.78 is 8.15. The number of aromatic amines is 1. The van der Waals surface area contributed by atoms with Gasteiger partial charge in [0.2, 0.25) is 0 Å². The molecule has 6 rings (SSSR count). The van der Waals surface area contributed by atoms with Crippen LogP contribution in [0.2, 0.25) is 0 Å². The van der Waals surface area contributed by atoms with E-state index in [9.17, 15) is 9.90 Å². The maximum Gasteiger partial charge on any atom is 0.353 e. The van der Waals surface area contributed by atoms with E-state index in [0.29, 0.717) is 18.8 Å². The number of aromatic carboxylic acids is 1. The van der Waals surface area contributed by atoms with E-state index in [0.717, 1.165) is 41.7 Å². The van der Waals surface area contributed by atoms with Crippen molar-refractivity contribution in [2.45, 2.75) is 25.8 Å². The van der Waals surface area contributed by atoms with Crippen molar-refractivity contribution in [3.63, 3.8) is 0 Å². The average molecular weight is 542 g/mol. The van der Waals surface area contributed by atoms with Crippen LogP contribution in [0, 0.1) is 0 Å². The Balaban J connectivity index is 1.21. The first-order valence-corrected chi connectivity index (χ1v) is 13.9. The van der Waals surface area contributed by atoms with Crippen LogP contribution in [0.3, 0.4) is 0 Å². The molecule has 0 atom stereocenters. The van der Waals surface area contributed by atoms with Gasteiger partial charge in [0, 0.05) is 30.1 Å². The molecule has 6 heteroatoms. The number of nitrogens with one attached hydrogen (secondary N) is 1. The Morgan fingerprint density at radius 1 is 0.829 bits per heavy atom. The fourth-order valence-electron chi connectivity index (χ4n) is 5.23. The molecule has 0 fully saturated rings. The lowest BCUT2D eigenvalue weighted by Crippen LogP contribution is -1.98. The molecule has 2 N–H and O–H groups in total. The molecular formula is C35H31N3O3. The molecule has 0 aliphatic heterocycles.